The van der Waals surface area contributed by atoms with Gasteiger partial charge in [-0.15, -0.1) is 11.3 Å². The molecule has 2 N–H and O–H groups in total. The molecule has 0 aliphatic carbocycles. The molecular weight excluding hydrogens is 242 g/mol. The highest BCUT2D eigenvalue weighted by atomic mass is 32.1. The summed E-state index contributed by atoms with van der Waals surface area (Å²) in [6, 6.07) is 6.68. The molecule has 2 heterocycles. The van der Waals surface area contributed by atoms with Crippen LogP contribution in [0.3, 0.4) is 0 Å². The first-order valence-electron chi connectivity index (χ1n) is 6.29. The molecule has 0 saturated carbocycles. The van der Waals surface area contributed by atoms with Crippen LogP contribution in [0.15, 0.2) is 24.4 Å². The van der Waals surface area contributed by atoms with E-state index in [1.54, 1.807) is 11.3 Å². The van der Waals surface area contributed by atoms with Crippen molar-refractivity contribution in [3.8, 4) is 0 Å². The summed E-state index contributed by atoms with van der Waals surface area (Å²) in [5.74, 6) is 0. The van der Waals surface area contributed by atoms with Crippen molar-refractivity contribution >= 4 is 17.0 Å². The Morgan fingerprint density at radius 3 is 3.17 bits per heavy atom. The van der Waals surface area contributed by atoms with E-state index in [0.717, 1.165) is 31.1 Å². The predicted molar refractivity (Wildman–Crippen MR) is 76.0 cm³/mol. The van der Waals surface area contributed by atoms with Gasteiger partial charge in [-0.25, -0.2) is 4.98 Å². The molecule has 0 bridgehead atoms. The van der Waals surface area contributed by atoms with Crippen LogP contribution in [-0.4, -0.2) is 11.5 Å². The van der Waals surface area contributed by atoms with Crippen molar-refractivity contribution in [2.45, 2.75) is 26.4 Å². The third kappa shape index (κ3) is 2.54. The minimum Gasteiger partial charge on any atom is -0.384 e. The van der Waals surface area contributed by atoms with Crippen LogP contribution in [0.1, 0.15) is 21.0 Å². The highest BCUT2D eigenvalue weighted by molar-refractivity contribution is 7.11. The molecular formula is C14H17N3S. The standard InChI is InChI=1S/C14H17N3S/c1-10-7-17-14(18-10)9-15-8-11-2-3-13-12(6-11)4-5-16-13/h2-3,6-7,15-16H,4-5,8-9H2,1H3. The van der Waals surface area contributed by atoms with Crippen LogP contribution in [0.5, 0.6) is 0 Å². The molecule has 0 fully saturated rings. The lowest BCUT2D eigenvalue weighted by atomic mass is 10.1. The fourth-order valence-corrected chi connectivity index (χ4v) is 3.02. The van der Waals surface area contributed by atoms with Gasteiger partial charge in [0.15, 0.2) is 0 Å². The molecule has 0 spiro atoms. The van der Waals surface area contributed by atoms with Crippen LogP contribution in [0.25, 0.3) is 0 Å². The van der Waals surface area contributed by atoms with E-state index in [1.165, 1.54) is 21.7 Å². The number of benzene rings is 1. The summed E-state index contributed by atoms with van der Waals surface area (Å²) < 4.78 is 0. The van der Waals surface area contributed by atoms with Crippen molar-refractivity contribution < 1.29 is 0 Å². The summed E-state index contributed by atoms with van der Waals surface area (Å²) in [6.07, 6.45) is 3.08. The van der Waals surface area contributed by atoms with E-state index >= 15 is 0 Å². The Hall–Kier alpha value is -1.39. The van der Waals surface area contributed by atoms with Crippen molar-refractivity contribution in [1.29, 1.82) is 0 Å². The molecule has 0 saturated heterocycles. The molecule has 0 amide bonds. The van der Waals surface area contributed by atoms with Crippen molar-refractivity contribution in [2.24, 2.45) is 0 Å². The van der Waals surface area contributed by atoms with Crippen LogP contribution in [0, 0.1) is 6.92 Å². The Morgan fingerprint density at radius 1 is 1.39 bits per heavy atom. The molecule has 0 atom stereocenters. The van der Waals surface area contributed by atoms with E-state index < -0.39 is 0 Å². The minimum absolute atomic E-state index is 0.855. The third-order valence-corrected chi connectivity index (χ3v) is 4.07. The fraction of sp³-hybridized carbons (Fsp3) is 0.357. The largest absolute Gasteiger partial charge is 0.384 e. The first-order chi connectivity index (χ1) is 8.81. The molecule has 94 valence electrons. The van der Waals surface area contributed by atoms with Crippen molar-refractivity contribution in [3.63, 3.8) is 0 Å². The van der Waals surface area contributed by atoms with Gasteiger partial charge in [0.25, 0.3) is 0 Å². The number of fused-ring (bicyclic) bond motifs is 1. The number of nitrogens with zero attached hydrogens (tertiary/aromatic N) is 1. The number of aromatic nitrogens is 1. The number of hydrogen-bond acceptors (Lipinski definition) is 4. The van der Waals surface area contributed by atoms with Crippen LogP contribution in [0.4, 0.5) is 5.69 Å². The van der Waals surface area contributed by atoms with E-state index in [4.69, 9.17) is 0 Å². The number of nitrogens with one attached hydrogen (secondary N) is 2. The summed E-state index contributed by atoms with van der Waals surface area (Å²) in [7, 11) is 0. The highest BCUT2D eigenvalue weighted by Crippen LogP contribution is 2.22. The molecule has 0 radical (unpaired) electrons. The Kier molecular flexibility index (Phi) is 3.30. The maximum atomic E-state index is 4.35. The first kappa shape index (κ1) is 11.7. The van der Waals surface area contributed by atoms with Crippen molar-refractivity contribution in [3.05, 3.63) is 45.4 Å². The number of thiazole rings is 1. The van der Waals surface area contributed by atoms with E-state index in [2.05, 4.69) is 40.7 Å². The zero-order valence-electron chi connectivity index (χ0n) is 10.5. The zero-order valence-corrected chi connectivity index (χ0v) is 11.3. The summed E-state index contributed by atoms with van der Waals surface area (Å²) in [5, 5.41) is 8.00. The van der Waals surface area contributed by atoms with E-state index in [1.807, 2.05) is 6.20 Å². The van der Waals surface area contributed by atoms with Crippen LogP contribution >= 0.6 is 11.3 Å². The monoisotopic (exact) mass is 259 g/mol. The van der Waals surface area contributed by atoms with Crippen molar-refractivity contribution in [2.75, 3.05) is 11.9 Å². The topological polar surface area (TPSA) is 37.0 Å². The molecule has 2 aromatic rings. The lowest BCUT2D eigenvalue weighted by Gasteiger charge is -2.05. The Labute approximate surface area is 111 Å². The predicted octanol–water partition coefficient (Wildman–Crippen LogP) is 2.71. The molecule has 1 aliphatic rings. The molecule has 3 nitrogen and oxygen atoms in total. The molecule has 0 unspecified atom stereocenters. The van der Waals surface area contributed by atoms with E-state index in [0.29, 0.717) is 0 Å². The second-order valence-electron chi connectivity index (χ2n) is 4.64. The van der Waals surface area contributed by atoms with Gasteiger partial charge < -0.3 is 10.6 Å². The first-order valence-corrected chi connectivity index (χ1v) is 7.10. The number of anilines is 1. The number of aryl methyl sites for hydroxylation is 1. The van der Waals surface area contributed by atoms with Gasteiger partial charge >= 0.3 is 0 Å². The van der Waals surface area contributed by atoms with Crippen LogP contribution in [0.2, 0.25) is 0 Å². The van der Waals surface area contributed by atoms with Crippen molar-refractivity contribution in [1.82, 2.24) is 10.3 Å². The second kappa shape index (κ2) is 5.08. The third-order valence-electron chi connectivity index (χ3n) is 3.15. The number of rotatable bonds is 4. The highest BCUT2D eigenvalue weighted by Gasteiger charge is 2.09. The molecule has 1 aromatic heterocycles. The molecule has 1 aromatic carbocycles. The van der Waals surface area contributed by atoms with Crippen LogP contribution < -0.4 is 10.6 Å². The SMILES string of the molecule is Cc1cnc(CNCc2ccc3c(c2)CCN3)s1. The lowest BCUT2D eigenvalue weighted by molar-refractivity contribution is 0.689. The quantitative estimate of drug-likeness (QED) is 0.886. The second-order valence-corrected chi connectivity index (χ2v) is 5.96. The van der Waals surface area contributed by atoms with Gasteiger partial charge in [0, 0.05) is 36.4 Å². The van der Waals surface area contributed by atoms with Gasteiger partial charge in [0.2, 0.25) is 0 Å². The maximum Gasteiger partial charge on any atom is 0.107 e. The molecule has 1 aliphatic heterocycles. The fourth-order valence-electron chi connectivity index (χ4n) is 2.27. The summed E-state index contributed by atoms with van der Waals surface area (Å²) in [5.41, 5.74) is 4.10. The maximum absolute atomic E-state index is 4.35. The van der Waals surface area contributed by atoms with Gasteiger partial charge in [0.1, 0.15) is 5.01 Å². The Morgan fingerprint density at radius 2 is 2.33 bits per heavy atom. The normalized spacial score (nSPS) is 13.4. The average molecular weight is 259 g/mol. The molecule has 18 heavy (non-hydrogen) atoms. The van der Waals surface area contributed by atoms with Gasteiger partial charge in [-0.2, -0.15) is 0 Å². The Bertz CT molecular complexity index is 548. The summed E-state index contributed by atoms with van der Waals surface area (Å²) >= 11 is 1.76. The van der Waals surface area contributed by atoms with Gasteiger partial charge in [-0.1, -0.05) is 12.1 Å². The zero-order chi connectivity index (χ0) is 12.4. The summed E-state index contributed by atoms with van der Waals surface area (Å²) in [6.45, 7) is 4.93. The van der Waals surface area contributed by atoms with Gasteiger partial charge in [0.05, 0.1) is 0 Å². The smallest absolute Gasteiger partial charge is 0.107 e. The van der Waals surface area contributed by atoms with Crippen LogP contribution in [-0.2, 0) is 19.5 Å². The Balaban J connectivity index is 1.57. The number of hydrogen-bond donors (Lipinski definition) is 2. The van der Waals surface area contributed by atoms with Gasteiger partial charge in [-0.3, -0.25) is 0 Å². The molecule has 3 rings (SSSR count). The average Bonchev–Trinajstić information content (AvgIpc) is 2.97. The molecule has 4 heteroatoms. The minimum atomic E-state index is 0.855. The van der Waals surface area contributed by atoms with E-state index in [9.17, 15) is 0 Å². The van der Waals surface area contributed by atoms with E-state index in [-0.39, 0.29) is 0 Å². The lowest BCUT2D eigenvalue weighted by Crippen LogP contribution is -2.12. The van der Waals surface area contributed by atoms with Gasteiger partial charge in [-0.05, 0) is 30.5 Å². The summed E-state index contributed by atoms with van der Waals surface area (Å²) in [4.78, 5) is 5.62.